The Morgan fingerprint density at radius 2 is 1.32 bits per heavy atom. The van der Waals surface area contributed by atoms with Crippen LogP contribution in [0.3, 0.4) is 0 Å². The number of carbonyl (C=O) groups excluding carboxylic acids is 2. The van der Waals surface area contributed by atoms with Crippen molar-refractivity contribution < 1.29 is 14.5 Å². The molecular formula is C26H23NO4. The number of fused-ring (bicyclic) bond motifs is 1. The van der Waals surface area contributed by atoms with Crippen molar-refractivity contribution >= 4 is 11.6 Å². The number of carbonyl (C=O) groups is 2. The summed E-state index contributed by atoms with van der Waals surface area (Å²) < 4.78 is 0. The van der Waals surface area contributed by atoms with Crippen LogP contribution in [0.4, 0.5) is 0 Å². The fourth-order valence-corrected chi connectivity index (χ4v) is 4.50. The van der Waals surface area contributed by atoms with Gasteiger partial charge in [0.2, 0.25) is 11.6 Å². The smallest absolute Gasteiger partial charge is 0.285 e. The van der Waals surface area contributed by atoms with Crippen LogP contribution in [0.2, 0.25) is 0 Å². The first-order chi connectivity index (χ1) is 15.0. The number of unbranched alkanes of at least 4 members (excludes halogenated alkanes) is 1. The SMILES string of the molecule is CCCCc1ccc([C@H](c2ccccc2)C2([N+](=O)[O-])C(=O)c3ccccc3C2=O)cc1. The predicted octanol–water partition coefficient (Wildman–Crippen LogP) is 5.26. The van der Waals surface area contributed by atoms with Crippen LogP contribution in [0.5, 0.6) is 0 Å². The van der Waals surface area contributed by atoms with Gasteiger partial charge in [0, 0.05) is 16.1 Å². The fraction of sp³-hybridized carbons (Fsp3) is 0.231. The predicted molar refractivity (Wildman–Crippen MR) is 118 cm³/mol. The molecule has 0 amide bonds. The molecule has 1 aliphatic rings. The van der Waals surface area contributed by atoms with Gasteiger partial charge in [-0.3, -0.25) is 19.7 Å². The van der Waals surface area contributed by atoms with Gasteiger partial charge in [-0.05, 0) is 29.5 Å². The van der Waals surface area contributed by atoms with E-state index >= 15 is 0 Å². The molecule has 0 saturated carbocycles. The molecule has 0 heterocycles. The van der Waals surface area contributed by atoms with Gasteiger partial charge in [-0.2, -0.15) is 0 Å². The molecule has 0 fully saturated rings. The third-order valence-electron chi connectivity index (χ3n) is 6.08. The summed E-state index contributed by atoms with van der Waals surface area (Å²) in [5.41, 5.74) is 0.0812. The molecule has 31 heavy (non-hydrogen) atoms. The van der Waals surface area contributed by atoms with E-state index in [0.29, 0.717) is 11.1 Å². The van der Waals surface area contributed by atoms with E-state index in [9.17, 15) is 19.7 Å². The first-order valence-electron chi connectivity index (χ1n) is 10.5. The number of Topliss-reactive ketones (excluding diaryl/α,β-unsaturated/α-hetero) is 2. The van der Waals surface area contributed by atoms with Crippen molar-refractivity contribution in [2.75, 3.05) is 0 Å². The maximum absolute atomic E-state index is 13.5. The van der Waals surface area contributed by atoms with Gasteiger partial charge in [0.25, 0.3) is 0 Å². The van der Waals surface area contributed by atoms with E-state index < -0.39 is 27.9 Å². The van der Waals surface area contributed by atoms with E-state index in [4.69, 9.17) is 0 Å². The van der Waals surface area contributed by atoms with Crippen LogP contribution in [0.25, 0.3) is 0 Å². The topological polar surface area (TPSA) is 77.3 Å². The lowest BCUT2D eigenvalue weighted by Crippen LogP contribution is -2.54. The lowest BCUT2D eigenvalue weighted by atomic mass is 9.72. The first-order valence-corrected chi connectivity index (χ1v) is 10.5. The number of nitrogens with zero attached hydrogens (tertiary/aromatic N) is 1. The first kappa shape index (κ1) is 20.7. The summed E-state index contributed by atoms with van der Waals surface area (Å²) in [7, 11) is 0. The zero-order valence-corrected chi connectivity index (χ0v) is 17.3. The normalized spacial score (nSPS) is 15.5. The molecule has 0 radical (unpaired) electrons. The van der Waals surface area contributed by atoms with Crippen molar-refractivity contribution in [1.82, 2.24) is 0 Å². The second kappa shape index (κ2) is 8.26. The van der Waals surface area contributed by atoms with Crippen LogP contribution >= 0.6 is 0 Å². The Morgan fingerprint density at radius 1 is 0.806 bits per heavy atom. The second-order valence-electron chi connectivity index (χ2n) is 7.92. The Labute approximate surface area is 180 Å². The van der Waals surface area contributed by atoms with E-state index in [2.05, 4.69) is 6.92 Å². The van der Waals surface area contributed by atoms with E-state index in [1.54, 1.807) is 42.5 Å². The average molecular weight is 413 g/mol. The van der Waals surface area contributed by atoms with E-state index in [-0.39, 0.29) is 11.1 Å². The third-order valence-corrected chi connectivity index (χ3v) is 6.08. The zero-order chi connectivity index (χ0) is 22.0. The van der Waals surface area contributed by atoms with E-state index in [1.807, 2.05) is 24.3 Å². The van der Waals surface area contributed by atoms with Crippen LogP contribution in [0, 0.1) is 10.1 Å². The molecule has 0 aromatic heterocycles. The fourth-order valence-electron chi connectivity index (χ4n) is 4.50. The van der Waals surface area contributed by atoms with Gasteiger partial charge in [0.05, 0.1) is 5.92 Å². The van der Waals surface area contributed by atoms with Gasteiger partial charge >= 0.3 is 5.54 Å². The minimum Gasteiger partial charge on any atom is -0.285 e. The summed E-state index contributed by atoms with van der Waals surface area (Å²) in [5, 5.41) is 12.6. The molecule has 3 aromatic carbocycles. The number of ketones is 2. The molecule has 1 aliphatic carbocycles. The second-order valence-corrected chi connectivity index (χ2v) is 7.92. The molecule has 5 heteroatoms. The highest BCUT2D eigenvalue weighted by atomic mass is 16.6. The molecule has 0 spiro atoms. The molecule has 3 aromatic rings. The van der Waals surface area contributed by atoms with Gasteiger partial charge in [0.1, 0.15) is 0 Å². The molecule has 156 valence electrons. The Bertz CT molecular complexity index is 1100. The van der Waals surface area contributed by atoms with Crippen LogP contribution < -0.4 is 0 Å². The van der Waals surface area contributed by atoms with E-state index in [1.165, 1.54) is 12.1 Å². The summed E-state index contributed by atoms with van der Waals surface area (Å²) in [6, 6.07) is 22.6. The van der Waals surface area contributed by atoms with Gasteiger partial charge < -0.3 is 0 Å². The number of hydrogen-bond acceptors (Lipinski definition) is 4. The summed E-state index contributed by atoms with van der Waals surface area (Å²) in [6.07, 6.45) is 3.03. The third kappa shape index (κ3) is 3.26. The maximum atomic E-state index is 13.5. The number of benzene rings is 3. The van der Waals surface area contributed by atoms with Crippen LogP contribution in [0.1, 0.15) is 63.1 Å². The number of aryl methyl sites for hydroxylation is 1. The largest absolute Gasteiger partial charge is 0.355 e. The van der Waals surface area contributed by atoms with Gasteiger partial charge in [-0.25, -0.2) is 0 Å². The lowest BCUT2D eigenvalue weighted by molar-refractivity contribution is -0.532. The van der Waals surface area contributed by atoms with Crippen LogP contribution in [0.15, 0.2) is 78.9 Å². The molecule has 0 bridgehead atoms. The highest BCUT2D eigenvalue weighted by Gasteiger charge is 2.68. The summed E-state index contributed by atoms with van der Waals surface area (Å²) in [6.45, 7) is 2.12. The van der Waals surface area contributed by atoms with Crippen molar-refractivity contribution in [2.45, 2.75) is 37.6 Å². The quantitative estimate of drug-likeness (QED) is 0.301. The lowest BCUT2D eigenvalue weighted by Gasteiger charge is -2.28. The molecule has 0 unspecified atom stereocenters. The van der Waals surface area contributed by atoms with Gasteiger partial charge in [0.15, 0.2) is 0 Å². The van der Waals surface area contributed by atoms with Crippen molar-refractivity contribution in [3.63, 3.8) is 0 Å². The summed E-state index contributed by atoms with van der Waals surface area (Å²) in [4.78, 5) is 38.9. The van der Waals surface area contributed by atoms with E-state index in [0.717, 1.165) is 24.8 Å². The molecule has 0 saturated heterocycles. The maximum Gasteiger partial charge on any atom is 0.355 e. The summed E-state index contributed by atoms with van der Waals surface area (Å²) in [5.74, 6) is -2.53. The van der Waals surface area contributed by atoms with Crippen molar-refractivity contribution in [3.8, 4) is 0 Å². The van der Waals surface area contributed by atoms with Gasteiger partial charge in [-0.15, -0.1) is 0 Å². The number of nitro groups is 1. The Kier molecular flexibility index (Phi) is 5.51. The molecule has 1 atom stereocenters. The minimum absolute atomic E-state index is 0.115. The molecule has 4 rings (SSSR count). The number of rotatable bonds is 7. The molecule has 0 aliphatic heterocycles. The number of hydrogen-bond donors (Lipinski definition) is 0. The molecule has 5 nitrogen and oxygen atoms in total. The Balaban J connectivity index is 1.92. The monoisotopic (exact) mass is 413 g/mol. The average Bonchev–Trinajstić information content (AvgIpc) is 3.02. The van der Waals surface area contributed by atoms with Crippen molar-refractivity contribution in [3.05, 3.63) is 117 Å². The Morgan fingerprint density at radius 3 is 1.84 bits per heavy atom. The molecule has 0 N–H and O–H groups in total. The molecular weight excluding hydrogens is 390 g/mol. The highest BCUT2D eigenvalue weighted by Crippen LogP contribution is 2.45. The highest BCUT2D eigenvalue weighted by molar-refractivity contribution is 6.32. The van der Waals surface area contributed by atoms with Crippen molar-refractivity contribution in [2.24, 2.45) is 0 Å². The van der Waals surface area contributed by atoms with Gasteiger partial charge in [-0.1, -0.05) is 92.2 Å². The zero-order valence-electron chi connectivity index (χ0n) is 17.3. The summed E-state index contributed by atoms with van der Waals surface area (Å²) >= 11 is 0. The van der Waals surface area contributed by atoms with Crippen LogP contribution in [-0.2, 0) is 6.42 Å². The van der Waals surface area contributed by atoms with Crippen molar-refractivity contribution in [1.29, 1.82) is 0 Å². The standard InChI is InChI=1S/C26H23NO4/c1-2-3-9-18-14-16-20(17-15-18)23(19-10-5-4-6-11-19)26(27(30)31)24(28)21-12-7-8-13-22(21)25(26)29/h4-8,10-17,23H,2-3,9H2,1H3/t23-/m0/s1. The Hall–Kier alpha value is -3.60. The van der Waals surface area contributed by atoms with Crippen LogP contribution in [-0.4, -0.2) is 22.0 Å². The minimum atomic E-state index is -2.42.